The van der Waals surface area contributed by atoms with E-state index >= 15 is 0 Å². The summed E-state index contributed by atoms with van der Waals surface area (Å²) in [7, 11) is 0. The lowest BCUT2D eigenvalue weighted by Gasteiger charge is -2.35. The van der Waals surface area contributed by atoms with Crippen molar-refractivity contribution in [3.8, 4) is 11.1 Å². The van der Waals surface area contributed by atoms with Gasteiger partial charge in [-0.25, -0.2) is 9.97 Å². The highest BCUT2D eigenvalue weighted by atomic mass is 16.4. The Morgan fingerprint density at radius 3 is 1.10 bits per heavy atom. The van der Waals surface area contributed by atoms with Crippen LogP contribution < -0.4 is 9.80 Å². The lowest BCUT2D eigenvalue weighted by atomic mass is 9.67. The van der Waals surface area contributed by atoms with Gasteiger partial charge in [-0.15, -0.1) is 0 Å². The van der Waals surface area contributed by atoms with Gasteiger partial charge in [-0.05, 0) is 81.6 Å². The zero-order valence-corrected chi connectivity index (χ0v) is 41.9. The number of aromatic nitrogens is 2. The third-order valence-electron chi connectivity index (χ3n) is 14.6. The van der Waals surface area contributed by atoms with Crippen molar-refractivity contribution in [2.75, 3.05) is 9.80 Å². The van der Waals surface area contributed by atoms with Gasteiger partial charge < -0.3 is 18.6 Å². The Labute approximate surface area is 425 Å². The molecule has 2 aromatic heterocycles. The van der Waals surface area contributed by atoms with E-state index in [0.717, 1.165) is 100 Å². The third kappa shape index (κ3) is 6.92. The van der Waals surface area contributed by atoms with Crippen LogP contribution in [0.1, 0.15) is 75.6 Å². The van der Waals surface area contributed by atoms with E-state index in [1.54, 1.807) is 0 Å². The number of fused-ring (bicyclic) bond motifs is 9. The van der Waals surface area contributed by atoms with Crippen LogP contribution in [-0.4, -0.2) is 9.97 Å². The molecule has 0 aliphatic heterocycles. The van der Waals surface area contributed by atoms with Crippen molar-refractivity contribution in [2.45, 2.75) is 57.8 Å². The van der Waals surface area contributed by atoms with Crippen LogP contribution in [0.4, 0.5) is 34.1 Å². The van der Waals surface area contributed by atoms with Gasteiger partial charge in [-0.3, -0.25) is 0 Å². The molecule has 0 unspecified atom stereocenters. The van der Waals surface area contributed by atoms with Crippen LogP contribution in [0.5, 0.6) is 0 Å². The number of oxazole rings is 2. The van der Waals surface area contributed by atoms with E-state index in [1.165, 1.54) is 0 Å². The normalized spacial score (nSPS) is 13.2. The van der Waals surface area contributed by atoms with E-state index in [4.69, 9.17) is 18.8 Å². The number of rotatable bonds is 8. The highest BCUT2D eigenvalue weighted by molar-refractivity contribution is 6.16. The number of hydrogen-bond donors (Lipinski definition) is 0. The lowest BCUT2D eigenvalue weighted by molar-refractivity contribution is 0.410. The summed E-state index contributed by atoms with van der Waals surface area (Å²) in [6, 6.07) is 78.5. The number of para-hydroxylation sites is 2. The summed E-state index contributed by atoms with van der Waals surface area (Å²) >= 11 is 0. The molecule has 6 nitrogen and oxygen atoms in total. The molecule has 10 aromatic carbocycles. The Balaban J connectivity index is 1.25. The van der Waals surface area contributed by atoms with Gasteiger partial charge in [0.15, 0.2) is 11.2 Å². The van der Waals surface area contributed by atoms with Crippen molar-refractivity contribution in [3.05, 3.63) is 252 Å². The van der Waals surface area contributed by atoms with Crippen molar-refractivity contribution >= 4 is 77.9 Å². The monoisotopic (exact) mass is 946 g/mol. The molecule has 2 heterocycles. The number of anilines is 6. The smallest absolute Gasteiger partial charge is 0.200 e. The molecule has 6 heteroatoms. The van der Waals surface area contributed by atoms with E-state index in [9.17, 15) is 0 Å². The molecular weight excluding hydrogens is 893 g/mol. The highest BCUT2D eigenvalue weighted by Gasteiger charge is 2.51. The minimum atomic E-state index is -0.926. The van der Waals surface area contributed by atoms with Crippen LogP contribution in [0.2, 0.25) is 0 Å². The maximum atomic E-state index is 7.42. The summed E-state index contributed by atoms with van der Waals surface area (Å²) in [6.07, 6.45) is 0. The van der Waals surface area contributed by atoms with E-state index in [0.29, 0.717) is 22.9 Å². The Bertz CT molecular complexity index is 3780. The maximum absolute atomic E-state index is 7.42. The van der Waals surface area contributed by atoms with E-state index in [-0.39, 0.29) is 0 Å². The SMILES string of the molecule is CC(C)(C)c1nc2c(N(c3ccccc3)c3cccc4ccccc34)cc3c(c2o1)-c1c(cc(N(c2ccccc2)c2cccc4ccccc24)c2nc(C(C)(C)C)oc12)C3(c1ccccc1)c1ccccc1. The molecule has 0 bridgehead atoms. The van der Waals surface area contributed by atoms with Crippen LogP contribution in [0.3, 0.4) is 0 Å². The average molecular weight is 947 g/mol. The summed E-state index contributed by atoms with van der Waals surface area (Å²) < 4.78 is 14.8. The van der Waals surface area contributed by atoms with E-state index < -0.39 is 16.2 Å². The Kier molecular flexibility index (Phi) is 10.1. The topological polar surface area (TPSA) is 58.5 Å². The van der Waals surface area contributed by atoms with Gasteiger partial charge >= 0.3 is 0 Å². The van der Waals surface area contributed by atoms with E-state index in [1.807, 2.05) is 0 Å². The highest BCUT2D eigenvalue weighted by Crippen LogP contribution is 2.63. The minimum absolute atomic E-state index is 0.433. The van der Waals surface area contributed by atoms with Crippen molar-refractivity contribution < 1.29 is 8.83 Å². The van der Waals surface area contributed by atoms with Gasteiger partial charge in [0.05, 0.1) is 28.2 Å². The molecule has 0 amide bonds. The predicted octanol–water partition coefficient (Wildman–Crippen LogP) is 18.2. The molecule has 12 aromatic rings. The zero-order chi connectivity index (χ0) is 49.6. The molecule has 1 aliphatic rings. The Morgan fingerprint density at radius 2 is 0.712 bits per heavy atom. The van der Waals surface area contributed by atoms with Crippen molar-refractivity contribution in [3.63, 3.8) is 0 Å². The predicted molar refractivity (Wildman–Crippen MR) is 301 cm³/mol. The van der Waals surface area contributed by atoms with E-state index in [2.05, 4.69) is 270 Å². The fourth-order valence-electron chi connectivity index (χ4n) is 11.3. The third-order valence-corrected chi connectivity index (χ3v) is 14.6. The van der Waals surface area contributed by atoms with Crippen molar-refractivity contribution in [1.29, 1.82) is 0 Å². The molecule has 0 N–H and O–H groups in total. The molecule has 1 aliphatic carbocycles. The second-order valence-electron chi connectivity index (χ2n) is 21.4. The molecule has 0 fully saturated rings. The van der Waals surface area contributed by atoms with Gasteiger partial charge in [0, 0.05) is 44.1 Å². The summed E-state index contributed by atoms with van der Waals surface area (Å²) in [4.78, 5) is 16.0. The molecule has 354 valence electrons. The largest absolute Gasteiger partial charge is 0.439 e. The van der Waals surface area contributed by atoms with Crippen LogP contribution >= 0.6 is 0 Å². The first-order valence-corrected chi connectivity index (χ1v) is 25.2. The minimum Gasteiger partial charge on any atom is -0.439 e. The molecule has 0 saturated heterocycles. The molecular formula is C67H54N4O2. The van der Waals surface area contributed by atoms with Crippen LogP contribution in [0.25, 0.3) is 54.9 Å². The molecule has 73 heavy (non-hydrogen) atoms. The first kappa shape index (κ1) is 44.2. The van der Waals surface area contributed by atoms with Gasteiger partial charge in [0.2, 0.25) is 11.8 Å². The first-order valence-electron chi connectivity index (χ1n) is 25.2. The molecule has 0 atom stereocenters. The van der Waals surface area contributed by atoms with Gasteiger partial charge in [-0.1, -0.05) is 211 Å². The summed E-state index contributed by atoms with van der Waals surface area (Å²) in [5.41, 5.74) is 13.2. The van der Waals surface area contributed by atoms with Crippen LogP contribution in [-0.2, 0) is 16.2 Å². The lowest BCUT2D eigenvalue weighted by Crippen LogP contribution is -2.29. The fraction of sp³-hybridized carbons (Fsp3) is 0.134. The quantitative estimate of drug-likeness (QED) is 0.151. The summed E-state index contributed by atoms with van der Waals surface area (Å²) in [6.45, 7) is 13.0. The Morgan fingerprint density at radius 1 is 0.370 bits per heavy atom. The summed E-state index contributed by atoms with van der Waals surface area (Å²) in [5.74, 6) is 1.29. The van der Waals surface area contributed by atoms with Crippen LogP contribution in [0, 0.1) is 0 Å². The van der Waals surface area contributed by atoms with Gasteiger partial charge in [0.25, 0.3) is 0 Å². The fourth-order valence-corrected chi connectivity index (χ4v) is 11.3. The maximum Gasteiger partial charge on any atom is 0.200 e. The standard InChI is InChI=1S/C67H54N4O2/c1-65(2,3)63-68-59-55(70(47-33-15-9-16-34-47)53-39-23-27-43-25-19-21-37-49(43)53)41-51-57(61(59)72-63)58-52(67(51,45-29-11-7-12-30-45)46-31-13-8-14-32-46)42-56(60-62(58)73-64(69-60)66(4,5)6)71(48-35-17-10-18-36-48)54-40-24-28-44-26-20-22-38-50(44)54/h7-42H,1-6H3. The first-order chi connectivity index (χ1) is 35.5. The van der Waals surface area contributed by atoms with Crippen molar-refractivity contribution in [1.82, 2.24) is 9.97 Å². The van der Waals surface area contributed by atoms with Crippen molar-refractivity contribution in [2.24, 2.45) is 0 Å². The second kappa shape index (κ2) is 16.7. The molecule has 13 rings (SSSR count). The zero-order valence-electron chi connectivity index (χ0n) is 41.9. The van der Waals surface area contributed by atoms with Crippen LogP contribution in [0.15, 0.2) is 227 Å². The number of hydrogen-bond acceptors (Lipinski definition) is 6. The molecule has 0 saturated carbocycles. The number of nitrogens with zero attached hydrogens (tertiary/aromatic N) is 4. The average Bonchev–Trinajstić information content (AvgIpc) is 4.15. The Hall–Kier alpha value is -8.74. The molecule has 0 spiro atoms. The number of benzene rings is 10. The van der Waals surface area contributed by atoms with Gasteiger partial charge in [-0.2, -0.15) is 0 Å². The summed E-state index contributed by atoms with van der Waals surface area (Å²) in [5, 5.41) is 4.54. The second-order valence-corrected chi connectivity index (χ2v) is 21.4. The van der Waals surface area contributed by atoms with Gasteiger partial charge in [0.1, 0.15) is 11.0 Å². The molecule has 0 radical (unpaired) electrons.